The van der Waals surface area contributed by atoms with E-state index < -0.39 is 18.2 Å². The van der Waals surface area contributed by atoms with Crippen LogP contribution < -0.4 is 11.5 Å². The van der Waals surface area contributed by atoms with Gasteiger partial charge in [-0.3, -0.25) is 0 Å². The van der Waals surface area contributed by atoms with Gasteiger partial charge in [-0.25, -0.2) is 4.98 Å². The van der Waals surface area contributed by atoms with Crippen molar-refractivity contribution in [3.8, 4) is 0 Å². The highest BCUT2D eigenvalue weighted by molar-refractivity contribution is 5.82. The van der Waals surface area contributed by atoms with E-state index in [-0.39, 0.29) is 25.0 Å². The molecule has 9 nitrogen and oxygen atoms in total. The molecule has 1 fully saturated rings. The minimum Gasteiger partial charge on any atom is -0.394 e. The van der Waals surface area contributed by atoms with Gasteiger partial charge >= 0.3 is 0 Å². The van der Waals surface area contributed by atoms with Gasteiger partial charge in [0.15, 0.2) is 11.5 Å². The van der Waals surface area contributed by atoms with E-state index >= 15 is 0 Å². The molecular weight excluding hydrogens is 252 g/mol. The van der Waals surface area contributed by atoms with E-state index in [2.05, 4.69) is 15.0 Å². The van der Waals surface area contributed by atoms with Gasteiger partial charge in [0.2, 0.25) is 5.95 Å². The van der Waals surface area contributed by atoms with E-state index in [9.17, 15) is 5.11 Å². The van der Waals surface area contributed by atoms with Crippen molar-refractivity contribution in [3.05, 3.63) is 6.33 Å². The molecule has 0 saturated carbocycles. The highest BCUT2D eigenvalue weighted by Gasteiger charge is 2.37. The van der Waals surface area contributed by atoms with Crippen LogP contribution in [0, 0.1) is 0 Å². The molecule has 1 aliphatic heterocycles. The summed E-state index contributed by atoms with van der Waals surface area (Å²) >= 11 is 0. The third kappa shape index (κ3) is 1.79. The number of anilines is 2. The molecule has 0 bridgehead atoms. The summed E-state index contributed by atoms with van der Waals surface area (Å²) in [5.74, 6) is 0.229. The van der Waals surface area contributed by atoms with Gasteiger partial charge < -0.3 is 31.0 Å². The largest absolute Gasteiger partial charge is 0.394 e. The number of nitrogens with zero attached hydrogens (tertiary/aromatic N) is 4. The molecule has 3 atom stereocenters. The van der Waals surface area contributed by atoms with Crippen LogP contribution in [0.4, 0.5) is 11.8 Å². The molecule has 1 saturated heterocycles. The maximum atomic E-state index is 10.1. The minimum atomic E-state index is -0.847. The van der Waals surface area contributed by atoms with Crippen molar-refractivity contribution < 1.29 is 14.9 Å². The first-order chi connectivity index (χ1) is 9.11. The van der Waals surface area contributed by atoms with Crippen LogP contribution >= 0.6 is 0 Å². The van der Waals surface area contributed by atoms with Gasteiger partial charge in [0, 0.05) is 0 Å². The van der Waals surface area contributed by atoms with Gasteiger partial charge in [-0.1, -0.05) is 0 Å². The third-order valence-corrected chi connectivity index (χ3v) is 3.26. The van der Waals surface area contributed by atoms with Crippen LogP contribution in [-0.4, -0.2) is 55.2 Å². The third-order valence-electron chi connectivity index (χ3n) is 3.26. The minimum absolute atomic E-state index is 0.0406. The molecule has 3 heterocycles. The van der Waals surface area contributed by atoms with E-state index in [0.717, 1.165) is 0 Å². The highest BCUT2D eigenvalue weighted by Crippen LogP contribution is 2.28. The number of aromatic nitrogens is 4. The Morgan fingerprint density at radius 3 is 2.89 bits per heavy atom. The summed E-state index contributed by atoms with van der Waals surface area (Å²) in [6.07, 6.45) is 0.0467. The number of rotatable bonds is 2. The lowest BCUT2D eigenvalue weighted by Gasteiger charge is -2.17. The summed E-state index contributed by atoms with van der Waals surface area (Å²) in [6.45, 7) is 0.00518. The quantitative estimate of drug-likeness (QED) is 0.502. The van der Waals surface area contributed by atoms with Crippen molar-refractivity contribution in [3.63, 3.8) is 0 Å². The smallest absolute Gasteiger partial charge is 0.224 e. The first-order valence-electron chi connectivity index (χ1n) is 5.78. The van der Waals surface area contributed by atoms with Gasteiger partial charge in [-0.15, -0.1) is 0 Å². The number of nitrogen functional groups attached to an aromatic ring is 2. The van der Waals surface area contributed by atoms with Crippen LogP contribution in [0.15, 0.2) is 6.33 Å². The average Bonchev–Trinajstić information content (AvgIpc) is 2.92. The van der Waals surface area contributed by atoms with Gasteiger partial charge in [0.05, 0.1) is 25.6 Å². The normalized spacial score (nSPS) is 27.2. The Morgan fingerprint density at radius 1 is 1.42 bits per heavy atom. The van der Waals surface area contributed by atoms with Crippen molar-refractivity contribution in [1.82, 2.24) is 19.5 Å². The number of hydrogen-bond donors (Lipinski definition) is 4. The SMILES string of the molecule is Nc1nc(N)c2ncn([C@H]3COC(CO)[C@H]3O)c2n1. The zero-order valence-corrected chi connectivity index (χ0v) is 9.97. The van der Waals surface area contributed by atoms with Gasteiger partial charge in [0.1, 0.15) is 17.7 Å². The molecule has 1 aliphatic rings. The standard InChI is InChI=1S/C10H14N6O3/c11-8-6-9(15-10(12)14-8)16(3-13-6)4-2-19-5(1-17)7(4)18/h3-5,7,17-18H,1-2H2,(H4,11,12,14,15)/t4-,5?,7-/m0/s1. The Bertz CT molecular complexity index is 615. The van der Waals surface area contributed by atoms with Crippen LogP contribution in [-0.2, 0) is 4.74 Å². The van der Waals surface area contributed by atoms with E-state index in [0.29, 0.717) is 11.2 Å². The Labute approximate surface area is 107 Å². The monoisotopic (exact) mass is 266 g/mol. The van der Waals surface area contributed by atoms with E-state index in [1.807, 2.05) is 0 Å². The fourth-order valence-corrected chi connectivity index (χ4v) is 2.27. The molecule has 102 valence electrons. The highest BCUT2D eigenvalue weighted by atomic mass is 16.5. The molecule has 1 unspecified atom stereocenters. The number of imidazole rings is 1. The zero-order chi connectivity index (χ0) is 13.6. The van der Waals surface area contributed by atoms with Crippen LogP contribution in [0.3, 0.4) is 0 Å². The topological polar surface area (TPSA) is 145 Å². The summed E-state index contributed by atoms with van der Waals surface area (Å²) in [4.78, 5) is 12.0. The molecule has 2 aromatic rings. The summed E-state index contributed by atoms with van der Waals surface area (Å²) in [6, 6.07) is -0.393. The second kappa shape index (κ2) is 4.30. The van der Waals surface area contributed by atoms with Crippen LogP contribution in [0.1, 0.15) is 6.04 Å². The van der Waals surface area contributed by atoms with Gasteiger partial charge in [-0.2, -0.15) is 9.97 Å². The molecule has 3 rings (SSSR count). The zero-order valence-electron chi connectivity index (χ0n) is 9.97. The lowest BCUT2D eigenvalue weighted by atomic mass is 10.1. The predicted molar refractivity (Wildman–Crippen MR) is 66.0 cm³/mol. The fraction of sp³-hybridized carbons (Fsp3) is 0.500. The molecule has 19 heavy (non-hydrogen) atoms. The van der Waals surface area contributed by atoms with Crippen molar-refractivity contribution in [2.45, 2.75) is 18.2 Å². The first kappa shape index (κ1) is 12.1. The average molecular weight is 266 g/mol. The number of hydrogen-bond acceptors (Lipinski definition) is 8. The Morgan fingerprint density at radius 2 is 2.21 bits per heavy atom. The molecule has 0 amide bonds. The molecule has 0 spiro atoms. The summed E-state index contributed by atoms with van der Waals surface area (Å²) in [7, 11) is 0. The van der Waals surface area contributed by atoms with Crippen molar-refractivity contribution in [2.24, 2.45) is 0 Å². The van der Waals surface area contributed by atoms with Crippen LogP contribution in [0.5, 0.6) is 0 Å². The second-order valence-corrected chi connectivity index (χ2v) is 4.40. The van der Waals surface area contributed by atoms with Crippen LogP contribution in [0.25, 0.3) is 11.2 Å². The summed E-state index contributed by atoms with van der Waals surface area (Å²) in [5.41, 5.74) is 12.1. The van der Waals surface area contributed by atoms with Crippen molar-refractivity contribution >= 4 is 22.9 Å². The fourth-order valence-electron chi connectivity index (χ4n) is 2.27. The molecule has 0 radical (unpaired) electrons. The molecule has 9 heteroatoms. The Balaban J connectivity index is 2.07. The molecule has 2 aromatic heterocycles. The lowest BCUT2D eigenvalue weighted by molar-refractivity contribution is 0.00206. The van der Waals surface area contributed by atoms with E-state index in [4.69, 9.17) is 21.3 Å². The number of aliphatic hydroxyl groups is 2. The maximum Gasteiger partial charge on any atom is 0.224 e. The van der Waals surface area contributed by atoms with E-state index in [1.165, 1.54) is 6.33 Å². The first-order valence-corrected chi connectivity index (χ1v) is 5.78. The molecule has 6 N–H and O–H groups in total. The molecule has 0 aliphatic carbocycles. The Hall–Kier alpha value is -1.97. The van der Waals surface area contributed by atoms with Gasteiger partial charge in [-0.05, 0) is 0 Å². The summed E-state index contributed by atoms with van der Waals surface area (Å²) < 4.78 is 6.95. The number of nitrogens with two attached hydrogens (primary N) is 2. The number of aliphatic hydroxyl groups excluding tert-OH is 2. The maximum absolute atomic E-state index is 10.1. The van der Waals surface area contributed by atoms with Crippen molar-refractivity contribution in [2.75, 3.05) is 24.7 Å². The van der Waals surface area contributed by atoms with Crippen LogP contribution in [0.2, 0.25) is 0 Å². The number of ether oxygens (including phenoxy) is 1. The number of fused-ring (bicyclic) bond motifs is 1. The Kier molecular flexibility index (Phi) is 2.73. The predicted octanol–water partition coefficient (Wildman–Crippen LogP) is -1.72. The second-order valence-electron chi connectivity index (χ2n) is 4.40. The van der Waals surface area contributed by atoms with Crippen molar-refractivity contribution in [1.29, 1.82) is 0 Å². The lowest BCUT2D eigenvalue weighted by Crippen LogP contribution is -2.30. The van der Waals surface area contributed by atoms with E-state index in [1.54, 1.807) is 4.57 Å². The van der Waals surface area contributed by atoms with Gasteiger partial charge in [0.25, 0.3) is 0 Å². The molecule has 0 aromatic carbocycles. The molecular formula is C10H14N6O3. The summed E-state index contributed by atoms with van der Waals surface area (Å²) in [5, 5.41) is 19.2.